The summed E-state index contributed by atoms with van der Waals surface area (Å²) in [6, 6.07) is 16.9. The fourth-order valence-electron chi connectivity index (χ4n) is 3.83. The third kappa shape index (κ3) is 5.09. The molecule has 0 atom stereocenters. The molecule has 0 radical (unpaired) electrons. The molecule has 3 aromatic rings. The molecule has 0 spiro atoms. The number of thiophene rings is 1. The number of likely N-dealkylation sites (tertiary alicyclic amines) is 1. The molecule has 1 N–H and O–H groups in total. The topological polar surface area (TPSA) is 86.8 Å². The molecular formula is C24H25N3O4S2. The highest BCUT2D eigenvalue weighted by Crippen LogP contribution is 2.25. The monoisotopic (exact) mass is 483 g/mol. The Balaban J connectivity index is 1.39. The minimum absolute atomic E-state index is 0.00412. The van der Waals surface area contributed by atoms with E-state index < -0.39 is 10.0 Å². The van der Waals surface area contributed by atoms with Gasteiger partial charge in [-0.3, -0.25) is 13.9 Å². The van der Waals surface area contributed by atoms with Crippen molar-refractivity contribution in [2.24, 2.45) is 5.92 Å². The Kier molecular flexibility index (Phi) is 6.80. The molecule has 0 aliphatic carbocycles. The van der Waals surface area contributed by atoms with E-state index in [0.717, 1.165) is 0 Å². The van der Waals surface area contributed by atoms with Gasteiger partial charge in [0.1, 0.15) is 0 Å². The van der Waals surface area contributed by atoms with Gasteiger partial charge in [0.25, 0.3) is 15.9 Å². The Morgan fingerprint density at radius 3 is 2.42 bits per heavy atom. The molecule has 0 bridgehead atoms. The van der Waals surface area contributed by atoms with Crippen LogP contribution in [0.25, 0.3) is 0 Å². The number of nitrogens with zero attached hydrogens (tertiary/aromatic N) is 2. The molecule has 2 aromatic carbocycles. The zero-order chi connectivity index (χ0) is 23.4. The van der Waals surface area contributed by atoms with Gasteiger partial charge in [-0.2, -0.15) is 11.3 Å². The third-order valence-corrected chi connectivity index (χ3v) is 8.27. The van der Waals surface area contributed by atoms with Crippen molar-refractivity contribution >= 4 is 44.5 Å². The first-order valence-electron chi connectivity index (χ1n) is 10.6. The number of hydrogen-bond acceptors (Lipinski definition) is 5. The Hall–Kier alpha value is -3.17. The van der Waals surface area contributed by atoms with Crippen molar-refractivity contribution in [2.75, 3.05) is 29.8 Å². The van der Waals surface area contributed by atoms with Crippen LogP contribution in [0.4, 0.5) is 11.4 Å². The fourth-order valence-corrected chi connectivity index (χ4v) is 5.70. The van der Waals surface area contributed by atoms with Gasteiger partial charge >= 0.3 is 0 Å². The Labute approximate surface area is 197 Å². The number of carbonyl (C=O) groups is 2. The zero-order valence-corrected chi connectivity index (χ0v) is 19.8. The van der Waals surface area contributed by atoms with Crippen LogP contribution in [-0.2, 0) is 14.8 Å². The van der Waals surface area contributed by atoms with E-state index in [1.54, 1.807) is 41.3 Å². The molecule has 1 aliphatic rings. The number of carbonyl (C=O) groups excluding carboxylic acids is 2. The minimum atomic E-state index is -3.77. The standard InChI is InChI=1S/C24H25N3O4S2/c1-26(21-7-3-2-4-8-21)33(30,31)22-9-5-6-20(16-22)25-23(28)18-10-13-27(14-11-18)24(29)19-12-15-32-17-19/h2-9,12,15-18H,10-11,13-14H2,1H3,(H,25,28). The number of anilines is 2. The summed E-state index contributed by atoms with van der Waals surface area (Å²) in [5.74, 6) is -0.400. The highest BCUT2D eigenvalue weighted by Gasteiger charge is 2.28. The first-order valence-corrected chi connectivity index (χ1v) is 13.0. The quantitative estimate of drug-likeness (QED) is 0.573. The lowest BCUT2D eigenvalue weighted by Crippen LogP contribution is -2.41. The molecule has 9 heteroatoms. The number of nitrogens with one attached hydrogen (secondary N) is 1. The smallest absolute Gasteiger partial charge is 0.264 e. The second kappa shape index (κ2) is 9.76. The van der Waals surface area contributed by atoms with E-state index in [9.17, 15) is 18.0 Å². The zero-order valence-electron chi connectivity index (χ0n) is 18.2. The van der Waals surface area contributed by atoms with Gasteiger partial charge in [0.2, 0.25) is 5.91 Å². The maximum absolute atomic E-state index is 13.0. The van der Waals surface area contributed by atoms with Crippen molar-refractivity contribution in [3.63, 3.8) is 0 Å². The van der Waals surface area contributed by atoms with Crippen LogP contribution in [0.15, 0.2) is 76.3 Å². The van der Waals surface area contributed by atoms with Crippen LogP contribution in [0, 0.1) is 5.92 Å². The molecule has 33 heavy (non-hydrogen) atoms. The Morgan fingerprint density at radius 1 is 1.03 bits per heavy atom. The lowest BCUT2D eigenvalue weighted by atomic mass is 9.95. The van der Waals surface area contributed by atoms with Crippen molar-refractivity contribution in [3.05, 3.63) is 77.0 Å². The molecule has 0 unspecified atom stereocenters. The summed E-state index contributed by atoms with van der Waals surface area (Å²) in [5.41, 5.74) is 1.66. The van der Waals surface area contributed by atoms with Crippen LogP contribution in [-0.4, -0.2) is 45.3 Å². The van der Waals surface area contributed by atoms with E-state index in [1.165, 1.54) is 34.8 Å². The van der Waals surface area contributed by atoms with Crippen molar-refractivity contribution in [3.8, 4) is 0 Å². The van der Waals surface area contributed by atoms with Gasteiger partial charge in [0.05, 0.1) is 16.1 Å². The van der Waals surface area contributed by atoms with E-state index in [4.69, 9.17) is 0 Å². The average Bonchev–Trinajstić information content (AvgIpc) is 3.39. The fraction of sp³-hybridized carbons (Fsp3) is 0.250. The number of hydrogen-bond donors (Lipinski definition) is 1. The van der Waals surface area contributed by atoms with Crippen LogP contribution in [0.2, 0.25) is 0 Å². The van der Waals surface area contributed by atoms with Gasteiger partial charge in [-0.25, -0.2) is 8.42 Å². The van der Waals surface area contributed by atoms with Crippen LogP contribution in [0.3, 0.4) is 0 Å². The summed E-state index contributed by atoms with van der Waals surface area (Å²) < 4.78 is 27.3. The van der Waals surface area contributed by atoms with Crippen LogP contribution in [0.1, 0.15) is 23.2 Å². The van der Waals surface area contributed by atoms with Crippen LogP contribution >= 0.6 is 11.3 Å². The normalized spacial score (nSPS) is 14.6. The molecule has 7 nitrogen and oxygen atoms in total. The predicted octanol–water partition coefficient (Wildman–Crippen LogP) is 4.06. The van der Waals surface area contributed by atoms with Gasteiger partial charge in [0, 0.05) is 37.1 Å². The summed E-state index contributed by atoms with van der Waals surface area (Å²) in [7, 11) is -2.27. The van der Waals surface area contributed by atoms with Crippen molar-refractivity contribution in [1.29, 1.82) is 0 Å². The summed E-state index contributed by atoms with van der Waals surface area (Å²) in [6.45, 7) is 1.03. The number of piperidine rings is 1. The van der Waals surface area contributed by atoms with E-state index >= 15 is 0 Å². The predicted molar refractivity (Wildman–Crippen MR) is 130 cm³/mol. The molecule has 1 aliphatic heterocycles. The van der Waals surface area contributed by atoms with Gasteiger partial charge in [0.15, 0.2) is 0 Å². The molecule has 2 amide bonds. The molecule has 1 aromatic heterocycles. The maximum atomic E-state index is 13.0. The molecule has 1 saturated heterocycles. The van der Waals surface area contributed by atoms with Gasteiger partial charge in [-0.1, -0.05) is 24.3 Å². The molecule has 172 valence electrons. The summed E-state index contributed by atoms with van der Waals surface area (Å²) in [4.78, 5) is 27.2. The lowest BCUT2D eigenvalue weighted by molar-refractivity contribution is -0.121. The second-order valence-electron chi connectivity index (χ2n) is 7.90. The third-order valence-electron chi connectivity index (χ3n) is 5.80. The molecule has 2 heterocycles. The largest absolute Gasteiger partial charge is 0.339 e. The lowest BCUT2D eigenvalue weighted by Gasteiger charge is -2.31. The molecule has 1 fully saturated rings. The van der Waals surface area contributed by atoms with Gasteiger partial charge in [-0.05, 0) is 54.6 Å². The van der Waals surface area contributed by atoms with Crippen molar-refractivity contribution in [1.82, 2.24) is 4.90 Å². The maximum Gasteiger partial charge on any atom is 0.264 e. The van der Waals surface area contributed by atoms with Gasteiger partial charge < -0.3 is 10.2 Å². The van der Waals surface area contributed by atoms with E-state index in [2.05, 4.69) is 5.32 Å². The highest BCUT2D eigenvalue weighted by molar-refractivity contribution is 7.92. The minimum Gasteiger partial charge on any atom is -0.339 e. The Bertz CT molecular complexity index is 1220. The first kappa shape index (κ1) is 23.0. The summed E-state index contributed by atoms with van der Waals surface area (Å²) in [6.07, 6.45) is 1.13. The van der Waals surface area contributed by atoms with Crippen LogP contribution in [0.5, 0.6) is 0 Å². The molecule has 0 saturated carbocycles. The van der Waals surface area contributed by atoms with E-state index in [1.807, 2.05) is 22.9 Å². The SMILES string of the molecule is CN(c1ccccc1)S(=O)(=O)c1cccc(NC(=O)C2CCN(C(=O)c3ccsc3)CC2)c1. The Morgan fingerprint density at radius 2 is 1.76 bits per heavy atom. The number of amides is 2. The number of para-hydroxylation sites is 1. The van der Waals surface area contributed by atoms with Gasteiger partial charge in [-0.15, -0.1) is 0 Å². The first-order chi connectivity index (χ1) is 15.9. The summed E-state index contributed by atoms with van der Waals surface area (Å²) >= 11 is 1.48. The molecule has 4 rings (SSSR count). The van der Waals surface area contributed by atoms with Crippen molar-refractivity contribution < 1.29 is 18.0 Å². The van der Waals surface area contributed by atoms with Crippen LogP contribution < -0.4 is 9.62 Å². The highest BCUT2D eigenvalue weighted by atomic mass is 32.2. The number of benzene rings is 2. The number of rotatable bonds is 6. The van der Waals surface area contributed by atoms with E-state index in [0.29, 0.717) is 42.9 Å². The molecular weight excluding hydrogens is 458 g/mol. The van der Waals surface area contributed by atoms with Crippen molar-refractivity contribution in [2.45, 2.75) is 17.7 Å². The number of sulfonamides is 1. The average molecular weight is 484 g/mol. The summed E-state index contributed by atoms with van der Waals surface area (Å²) in [5, 5.41) is 6.56. The second-order valence-corrected chi connectivity index (χ2v) is 10.7. The van der Waals surface area contributed by atoms with E-state index in [-0.39, 0.29) is 22.6 Å².